The van der Waals surface area contributed by atoms with Gasteiger partial charge in [0, 0.05) is 0 Å². The van der Waals surface area contributed by atoms with Crippen molar-refractivity contribution < 1.29 is 20.1 Å². The molecule has 0 saturated carbocycles. The van der Waals surface area contributed by atoms with Gasteiger partial charge in [-0.2, -0.15) is 0 Å². The van der Waals surface area contributed by atoms with E-state index in [-0.39, 0.29) is 45.9 Å². The quantitative estimate of drug-likeness (QED) is 0.421. The highest BCUT2D eigenvalue weighted by atomic mass is 16.6. The number of hydrogen-bond acceptors (Lipinski definition) is 5. The van der Waals surface area contributed by atoms with Crippen molar-refractivity contribution in [3.63, 3.8) is 0 Å². The van der Waals surface area contributed by atoms with Crippen molar-refractivity contribution in [2.24, 2.45) is 0 Å². The Morgan fingerprint density at radius 3 is 2.79 bits per heavy atom. The fourth-order valence-corrected chi connectivity index (χ4v) is 2.54. The topological polar surface area (TPSA) is 106 Å². The first-order valence-electron chi connectivity index (χ1n) is 5.75. The lowest BCUT2D eigenvalue weighted by Crippen LogP contribution is -2.17. The molecular formula is C13H9NO5. The zero-order valence-corrected chi connectivity index (χ0v) is 9.54. The second-order valence-corrected chi connectivity index (χ2v) is 4.67. The highest BCUT2D eigenvalue weighted by Gasteiger charge is 2.46. The standard InChI is InChI=1S/C13H9NO5/c15-5-2-1-4-9(12(5)18)14-10-8(11(4)17)6(16)3-7-13(10)19-7/h1-3,7,13,15-16,18H,(H,14,17). The molecule has 4 N–H and O–H groups in total. The van der Waals surface area contributed by atoms with E-state index in [1.165, 1.54) is 18.2 Å². The monoisotopic (exact) mass is 259 g/mol. The van der Waals surface area contributed by atoms with Crippen LogP contribution in [0.2, 0.25) is 0 Å². The lowest BCUT2D eigenvalue weighted by molar-refractivity contribution is 0.391. The Morgan fingerprint density at radius 1 is 1.21 bits per heavy atom. The molecule has 0 amide bonds. The van der Waals surface area contributed by atoms with Gasteiger partial charge < -0.3 is 25.0 Å². The molecule has 4 rings (SSSR count). The third-order valence-corrected chi connectivity index (χ3v) is 3.55. The Labute approximate surface area is 106 Å². The number of aliphatic hydroxyl groups is 1. The number of aromatic hydroxyl groups is 2. The van der Waals surface area contributed by atoms with E-state index in [4.69, 9.17) is 4.74 Å². The van der Waals surface area contributed by atoms with Crippen LogP contribution in [0, 0.1) is 0 Å². The van der Waals surface area contributed by atoms with Gasteiger partial charge in [-0.3, -0.25) is 4.79 Å². The summed E-state index contributed by atoms with van der Waals surface area (Å²) in [6, 6.07) is 2.63. The second-order valence-electron chi connectivity index (χ2n) is 4.67. The highest BCUT2D eigenvalue weighted by Crippen LogP contribution is 2.46. The SMILES string of the molecule is O=c1c2c([nH]c3c(O)c(O)ccc13)C1OC1C=C2O. The van der Waals surface area contributed by atoms with Gasteiger partial charge in [0.2, 0.25) is 5.43 Å². The van der Waals surface area contributed by atoms with Crippen molar-refractivity contribution in [1.29, 1.82) is 0 Å². The number of pyridine rings is 1. The third kappa shape index (κ3) is 1.21. The summed E-state index contributed by atoms with van der Waals surface area (Å²) in [6.07, 6.45) is 0.957. The van der Waals surface area contributed by atoms with Crippen LogP contribution < -0.4 is 5.43 Å². The van der Waals surface area contributed by atoms with Crippen LogP contribution in [-0.4, -0.2) is 26.4 Å². The van der Waals surface area contributed by atoms with Crippen LogP contribution in [0.3, 0.4) is 0 Å². The predicted octanol–water partition coefficient (Wildman–Crippen LogP) is 1.29. The third-order valence-electron chi connectivity index (χ3n) is 3.55. The van der Waals surface area contributed by atoms with Crippen molar-refractivity contribution >= 4 is 16.7 Å². The maximum absolute atomic E-state index is 12.3. The normalized spacial score (nSPS) is 23.7. The van der Waals surface area contributed by atoms with Crippen LogP contribution in [0.1, 0.15) is 17.4 Å². The molecule has 96 valence electrons. The molecule has 1 aliphatic heterocycles. The summed E-state index contributed by atoms with van der Waals surface area (Å²) >= 11 is 0. The summed E-state index contributed by atoms with van der Waals surface area (Å²) in [4.78, 5) is 15.2. The molecule has 2 aliphatic rings. The van der Waals surface area contributed by atoms with Gasteiger partial charge >= 0.3 is 0 Å². The molecule has 2 aromatic rings. The molecule has 0 radical (unpaired) electrons. The highest BCUT2D eigenvalue weighted by molar-refractivity contribution is 5.89. The number of aromatic nitrogens is 1. The maximum Gasteiger partial charge on any atom is 0.200 e. The van der Waals surface area contributed by atoms with Crippen LogP contribution in [-0.2, 0) is 4.74 Å². The number of fused-ring (bicyclic) bond motifs is 4. The number of aliphatic hydroxyl groups excluding tert-OH is 1. The Bertz CT molecular complexity index is 820. The Hall–Kier alpha value is -2.47. The van der Waals surface area contributed by atoms with E-state index < -0.39 is 5.43 Å². The van der Waals surface area contributed by atoms with E-state index in [1.54, 1.807) is 0 Å². The zero-order chi connectivity index (χ0) is 13.3. The first-order valence-corrected chi connectivity index (χ1v) is 5.75. The summed E-state index contributed by atoms with van der Waals surface area (Å²) in [5.41, 5.74) is 0.342. The molecule has 6 nitrogen and oxygen atoms in total. The van der Waals surface area contributed by atoms with Crippen molar-refractivity contribution in [3.05, 3.63) is 39.7 Å². The number of benzene rings is 1. The number of rotatable bonds is 0. The van der Waals surface area contributed by atoms with Crippen molar-refractivity contribution in [3.8, 4) is 11.5 Å². The van der Waals surface area contributed by atoms with E-state index >= 15 is 0 Å². The minimum atomic E-state index is -0.401. The number of H-pyrrole nitrogens is 1. The number of epoxide rings is 1. The number of ether oxygens (including phenoxy) is 1. The van der Waals surface area contributed by atoms with Gasteiger partial charge in [-0.1, -0.05) is 0 Å². The van der Waals surface area contributed by atoms with Crippen LogP contribution in [0.4, 0.5) is 0 Å². The molecule has 2 heterocycles. The summed E-state index contributed by atoms with van der Waals surface area (Å²) < 4.78 is 5.30. The van der Waals surface area contributed by atoms with Gasteiger partial charge in [-0.25, -0.2) is 0 Å². The number of hydrogen-bond donors (Lipinski definition) is 4. The lowest BCUT2D eigenvalue weighted by Gasteiger charge is -2.12. The fourth-order valence-electron chi connectivity index (χ4n) is 2.54. The van der Waals surface area contributed by atoms with E-state index in [9.17, 15) is 20.1 Å². The molecule has 1 aromatic carbocycles. The molecule has 0 spiro atoms. The Kier molecular flexibility index (Phi) is 1.70. The average molecular weight is 259 g/mol. The van der Waals surface area contributed by atoms with E-state index in [0.29, 0.717) is 5.69 Å². The number of phenolic OH excluding ortho intramolecular Hbond substituents is 2. The number of phenols is 2. The fraction of sp³-hybridized carbons (Fsp3) is 0.154. The molecule has 2 unspecified atom stereocenters. The largest absolute Gasteiger partial charge is 0.507 e. The van der Waals surface area contributed by atoms with Gasteiger partial charge in [0.15, 0.2) is 11.5 Å². The Morgan fingerprint density at radius 2 is 2.00 bits per heavy atom. The van der Waals surface area contributed by atoms with Gasteiger partial charge in [-0.05, 0) is 18.2 Å². The van der Waals surface area contributed by atoms with E-state index in [2.05, 4.69) is 4.98 Å². The molecule has 6 heteroatoms. The summed E-state index contributed by atoms with van der Waals surface area (Å²) in [5, 5.41) is 29.4. The zero-order valence-electron chi connectivity index (χ0n) is 9.54. The molecule has 1 fully saturated rings. The minimum absolute atomic E-state index is 0.121. The molecule has 0 bridgehead atoms. The number of aromatic amines is 1. The van der Waals surface area contributed by atoms with Crippen LogP contribution in [0.25, 0.3) is 16.7 Å². The molecular weight excluding hydrogens is 250 g/mol. The average Bonchev–Trinajstić information content (AvgIpc) is 3.13. The predicted molar refractivity (Wildman–Crippen MR) is 66.1 cm³/mol. The van der Waals surface area contributed by atoms with Crippen LogP contribution >= 0.6 is 0 Å². The lowest BCUT2D eigenvalue weighted by atomic mass is 9.98. The Balaban J connectivity index is 2.18. The van der Waals surface area contributed by atoms with Crippen molar-refractivity contribution in [1.82, 2.24) is 4.98 Å². The second kappa shape index (κ2) is 3.10. The van der Waals surface area contributed by atoms with Gasteiger partial charge in [0.05, 0.1) is 22.2 Å². The smallest absolute Gasteiger partial charge is 0.200 e. The molecule has 1 aliphatic carbocycles. The minimum Gasteiger partial charge on any atom is -0.507 e. The van der Waals surface area contributed by atoms with Crippen LogP contribution in [0.15, 0.2) is 23.0 Å². The van der Waals surface area contributed by atoms with Gasteiger partial charge in [-0.15, -0.1) is 0 Å². The van der Waals surface area contributed by atoms with Gasteiger partial charge in [0.25, 0.3) is 0 Å². The molecule has 19 heavy (non-hydrogen) atoms. The van der Waals surface area contributed by atoms with Gasteiger partial charge in [0.1, 0.15) is 18.0 Å². The molecule has 2 atom stereocenters. The van der Waals surface area contributed by atoms with Crippen molar-refractivity contribution in [2.75, 3.05) is 0 Å². The molecule has 1 saturated heterocycles. The van der Waals surface area contributed by atoms with Crippen molar-refractivity contribution in [2.45, 2.75) is 12.2 Å². The summed E-state index contributed by atoms with van der Waals surface area (Å²) in [6.45, 7) is 0. The summed E-state index contributed by atoms with van der Waals surface area (Å²) in [5.74, 6) is -0.819. The summed E-state index contributed by atoms with van der Waals surface area (Å²) in [7, 11) is 0. The first-order chi connectivity index (χ1) is 9.08. The van der Waals surface area contributed by atoms with E-state index in [1.807, 2.05) is 0 Å². The van der Waals surface area contributed by atoms with Crippen LogP contribution in [0.5, 0.6) is 11.5 Å². The number of nitrogens with one attached hydrogen (secondary N) is 1. The first kappa shape index (κ1) is 10.5. The molecule has 1 aromatic heterocycles. The van der Waals surface area contributed by atoms with E-state index in [0.717, 1.165) is 0 Å². The maximum atomic E-state index is 12.3.